The van der Waals surface area contributed by atoms with E-state index in [1.54, 1.807) is 25.1 Å². The molecule has 0 N–H and O–H groups in total. The summed E-state index contributed by atoms with van der Waals surface area (Å²) in [5.74, 6) is -1.80. The molecule has 0 saturated heterocycles. The molecule has 0 unspecified atom stereocenters. The van der Waals surface area contributed by atoms with Gasteiger partial charge in [-0.25, -0.2) is 4.79 Å². The number of benzene rings is 1. The smallest absolute Gasteiger partial charge is 0.383 e. The van der Waals surface area contributed by atoms with Crippen LogP contribution in [-0.4, -0.2) is 18.4 Å². The van der Waals surface area contributed by atoms with Crippen molar-refractivity contribution >= 4 is 34.3 Å². The number of esters is 1. The van der Waals surface area contributed by atoms with Gasteiger partial charge in [-0.15, -0.1) is 0 Å². The lowest BCUT2D eigenvalue weighted by atomic mass is 10.2. The summed E-state index contributed by atoms with van der Waals surface area (Å²) in [5.41, 5.74) is 0.391. The van der Waals surface area contributed by atoms with Gasteiger partial charge in [-0.3, -0.25) is 4.79 Å². The maximum absolute atomic E-state index is 11.6. The molecule has 2 aromatic rings. The van der Waals surface area contributed by atoms with Crippen LogP contribution in [0.15, 0.2) is 28.7 Å². The molecule has 17 heavy (non-hydrogen) atoms. The Kier molecular flexibility index (Phi) is 3.15. The van der Waals surface area contributed by atoms with Crippen LogP contribution in [0.2, 0.25) is 5.02 Å². The molecule has 0 atom stereocenters. The average Bonchev–Trinajstić information content (AvgIpc) is 2.73. The molecule has 0 aliphatic heterocycles. The number of halogens is 1. The first-order valence-electron chi connectivity index (χ1n) is 5.03. The van der Waals surface area contributed by atoms with E-state index in [2.05, 4.69) is 4.74 Å². The number of fused-ring (bicyclic) bond motifs is 1. The minimum atomic E-state index is -0.928. The number of hydrogen-bond donors (Lipinski definition) is 0. The van der Waals surface area contributed by atoms with Crippen LogP contribution in [0.3, 0.4) is 0 Å². The summed E-state index contributed by atoms with van der Waals surface area (Å²) >= 11 is 5.89. The molecule has 0 radical (unpaired) electrons. The van der Waals surface area contributed by atoms with Gasteiger partial charge >= 0.3 is 11.8 Å². The molecule has 4 nitrogen and oxygen atoms in total. The molecule has 0 saturated carbocycles. The topological polar surface area (TPSA) is 56.5 Å². The maximum atomic E-state index is 11.6. The molecule has 0 fully saturated rings. The molecule has 0 aliphatic rings. The molecule has 88 valence electrons. The number of ether oxygens (including phenoxy) is 1. The first-order chi connectivity index (χ1) is 8.13. The number of para-hydroxylation sites is 1. The number of Topliss-reactive ketones (excluding diaryl/α,β-unsaturated/α-hetero) is 1. The zero-order chi connectivity index (χ0) is 12.4. The summed E-state index contributed by atoms with van der Waals surface area (Å²) in [4.78, 5) is 22.8. The highest BCUT2D eigenvalue weighted by atomic mass is 35.5. The largest absolute Gasteiger partial charge is 0.460 e. The van der Waals surface area contributed by atoms with Gasteiger partial charge in [-0.05, 0) is 19.1 Å². The van der Waals surface area contributed by atoms with Gasteiger partial charge in [0.15, 0.2) is 11.3 Å². The van der Waals surface area contributed by atoms with Crippen molar-refractivity contribution in [3.8, 4) is 0 Å². The highest BCUT2D eigenvalue weighted by molar-refractivity contribution is 6.40. The standard InChI is InChI=1S/C12H9ClO4/c1-2-16-12(15)10(14)9-6-7-4-3-5-8(13)11(7)17-9/h3-6H,2H2,1H3. The number of carbonyl (C=O) groups excluding carboxylic acids is 2. The van der Waals surface area contributed by atoms with E-state index in [1.807, 2.05) is 0 Å². The van der Waals surface area contributed by atoms with Crippen molar-refractivity contribution in [1.82, 2.24) is 0 Å². The van der Waals surface area contributed by atoms with Gasteiger partial charge < -0.3 is 9.15 Å². The quantitative estimate of drug-likeness (QED) is 0.479. The van der Waals surface area contributed by atoms with Crippen LogP contribution < -0.4 is 0 Å². The number of hydrogen-bond acceptors (Lipinski definition) is 4. The third-order valence-corrected chi connectivity index (χ3v) is 2.48. The van der Waals surface area contributed by atoms with Crippen LogP contribution in [-0.2, 0) is 9.53 Å². The van der Waals surface area contributed by atoms with E-state index in [-0.39, 0.29) is 12.4 Å². The van der Waals surface area contributed by atoms with Crippen LogP contribution in [0.5, 0.6) is 0 Å². The highest BCUT2D eigenvalue weighted by Gasteiger charge is 2.22. The van der Waals surface area contributed by atoms with E-state index in [0.717, 1.165) is 0 Å². The van der Waals surface area contributed by atoms with E-state index in [9.17, 15) is 9.59 Å². The Morgan fingerprint density at radius 3 is 2.82 bits per heavy atom. The lowest BCUT2D eigenvalue weighted by Gasteiger charge is -1.96. The lowest BCUT2D eigenvalue weighted by molar-refractivity contribution is -0.137. The average molecular weight is 253 g/mol. The molecular formula is C12H9ClO4. The summed E-state index contributed by atoms with van der Waals surface area (Å²) in [6.45, 7) is 1.77. The van der Waals surface area contributed by atoms with E-state index in [1.165, 1.54) is 6.07 Å². The third-order valence-electron chi connectivity index (χ3n) is 2.18. The maximum Gasteiger partial charge on any atom is 0.383 e. The molecular weight excluding hydrogens is 244 g/mol. The molecule has 5 heteroatoms. The Morgan fingerprint density at radius 1 is 1.41 bits per heavy atom. The predicted octanol–water partition coefficient (Wildman–Crippen LogP) is 2.83. The van der Waals surface area contributed by atoms with E-state index >= 15 is 0 Å². The van der Waals surface area contributed by atoms with Gasteiger partial charge in [-0.1, -0.05) is 23.7 Å². The minimum absolute atomic E-state index is 0.0634. The van der Waals surface area contributed by atoms with Crippen molar-refractivity contribution in [2.45, 2.75) is 6.92 Å². The fourth-order valence-electron chi connectivity index (χ4n) is 1.44. The third kappa shape index (κ3) is 2.17. The van der Waals surface area contributed by atoms with Crippen molar-refractivity contribution in [3.63, 3.8) is 0 Å². The van der Waals surface area contributed by atoms with Crippen LogP contribution >= 0.6 is 11.6 Å². The normalized spacial score (nSPS) is 10.5. The fourth-order valence-corrected chi connectivity index (χ4v) is 1.66. The number of ketones is 1. The van der Waals surface area contributed by atoms with Gasteiger partial charge in [-0.2, -0.15) is 0 Å². The summed E-state index contributed by atoms with van der Waals surface area (Å²) in [7, 11) is 0. The Labute approximate surface area is 102 Å². The second kappa shape index (κ2) is 4.59. The van der Waals surface area contributed by atoms with E-state index in [4.69, 9.17) is 16.0 Å². The molecule has 1 aromatic carbocycles. The molecule has 0 spiro atoms. The molecule has 0 amide bonds. The Bertz CT molecular complexity index is 585. The summed E-state index contributed by atoms with van der Waals surface area (Å²) < 4.78 is 9.85. The molecule has 0 aliphatic carbocycles. The SMILES string of the molecule is CCOC(=O)C(=O)c1cc2cccc(Cl)c2o1. The van der Waals surface area contributed by atoms with Crippen LogP contribution in [0.1, 0.15) is 17.5 Å². The van der Waals surface area contributed by atoms with Gasteiger partial charge in [0, 0.05) is 5.39 Å². The summed E-state index contributed by atoms with van der Waals surface area (Å²) in [5, 5.41) is 1.07. The summed E-state index contributed by atoms with van der Waals surface area (Å²) in [6, 6.07) is 6.60. The minimum Gasteiger partial charge on any atom is -0.460 e. The number of rotatable bonds is 3. The van der Waals surface area contributed by atoms with Crippen molar-refractivity contribution in [2.75, 3.05) is 6.61 Å². The van der Waals surface area contributed by atoms with E-state index < -0.39 is 11.8 Å². The second-order valence-corrected chi connectivity index (χ2v) is 3.73. The monoisotopic (exact) mass is 252 g/mol. The van der Waals surface area contributed by atoms with Gasteiger partial charge in [0.25, 0.3) is 0 Å². The Hall–Kier alpha value is -1.81. The van der Waals surface area contributed by atoms with Gasteiger partial charge in [0.2, 0.25) is 0 Å². The first kappa shape index (κ1) is 11.7. The van der Waals surface area contributed by atoms with Crippen LogP contribution in [0.4, 0.5) is 0 Å². The predicted molar refractivity (Wildman–Crippen MR) is 62.2 cm³/mol. The Balaban J connectivity index is 2.40. The lowest BCUT2D eigenvalue weighted by Crippen LogP contribution is -2.16. The molecule has 0 bridgehead atoms. The van der Waals surface area contributed by atoms with Crippen molar-refractivity contribution < 1.29 is 18.7 Å². The van der Waals surface area contributed by atoms with Crippen LogP contribution in [0.25, 0.3) is 11.0 Å². The van der Waals surface area contributed by atoms with Gasteiger partial charge in [0.1, 0.15) is 0 Å². The highest BCUT2D eigenvalue weighted by Crippen LogP contribution is 2.26. The van der Waals surface area contributed by atoms with Gasteiger partial charge in [0.05, 0.1) is 11.6 Å². The molecule has 1 aromatic heterocycles. The molecule has 1 heterocycles. The van der Waals surface area contributed by atoms with E-state index in [0.29, 0.717) is 16.0 Å². The summed E-state index contributed by atoms with van der Waals surface area (Å²) in [6.07, 6.45) is 0. The Morgan fingerprint density at radius 2 is 2.18 bits per heavy atom. The van der Waals surface area contributed by atoms with Crippen molar-refractivity contribution in [1.29, 1.82) is 0 Å². The molecule has 2 rings (SSSR count). The fraction of sp³-hybridized carbons (Fsp3) is 0.167. The second-order valence-electron chi connectivity index (χ2n) is 3.32. The van der Waals surface area contributed by atoms with Crippen molar-refractivity contribution in [2.24, 2.45) is 0 Å². The zero-order valence-electron chi connectivity index (χ0n) is 9.03. The first-order valence-corrected chi connectivity index (χ1v) is 5.40. The number of furan rings is 1. The zero-order valence-corrected chi connectivity index (χ0v) is 9.78. The van der Waals surface area contributed by atoms with Crippen molar-refractivity contribution in [3.05, 3.63) is 35.0 Å². The number of carbonyl (C=O) groups is 2. The van der Waals surface area contributed by atoms with Crippen LogP contribution in [0, 0.1) is 0 Å².